The Morgan fingerprint density at radius 2 is 2.16 bits per heavy atom. The number of amides is 1. The minimum absolute atomic E-state index is 0.281. The van der Waals surface area contributed by atoms with Gasteiger partial charge in [-0.25, -0.2) is 4.98 Å². The summed E-state index contributed by atoms with van der Waals surface area (Å²) < 4.78 is 1.49. The fraction of sp³-hybridized carbons (Fsp3) is 0.417. The van der Waals surface area contributed by atoms with Gasteiger partial charge in [-0.15, -0.1) is 11.3 Å². The summed E-state index contributed by atoms with van der Waals surface area (Å²) in [6, 6.07) is 0. The Hall–Kier alpha value is -1.89. The zero-order valence-electron chi connectivity index (χ0n) is 11.4. The van der Waals surface area contributed by atoms with E-state index >= 15 is 0 Å². The Morgan fingerprint density at radius 1 is 1.47 bits per heavy atom. The summed E-state index contributed by atoms with van der Waals surface area (Å²) in [5, 5.41) is 7.50. The van der Waals surface area contributed by atoms with Gasteiger partial charge in [0.25, 0.3) is 5.91 Å². The molecule has 0 bridgehead atoms. The molecule has 0 atom stereocenters. The molecule has 102 valence electrons. The lowest BCUT2D eigenvalue weighted by Gasteiger charge is -2.03. The summed E-state index contributed by atoms with van der Waals surface area (Å²) in [4.78, 5) is 17.7. The number of aryl methyl sites for hydroxylation is 4. The second-order valence-electron chi connectivity index (χ2n) is 4.30. The van der Waals surface area contributed by atoms with Crippen LogP contribution in [-0.4, -0.2) is 20.7 Å². The fourth-order valence-corrected chi connectivity index (χ4v) is 2.81. The van der Waals surface area contributed by atoms with Crippen LogP contribution in [0.2, 0.25) is 0 Å². The van der Waals surface area contributed by atoms with Crippen molar-refractivity contribution in [3.8, 4) is 0 Å². The van der Waals surface area contributed by atoms with Crippen LogP contribution in [0.1, 0.15) is 33.7 Å². The quantitative estimate of drug-likeness (QED) is 0.898. The number of aromatic nitrogens is 3. The first-order valence-corrected chi connectivity index (χ1v) is 6.82. The molecular weight excluding hydrogens is 262 g/mol. The van der Waals surface area contributed by atoms with Gasteiger partial charge in [-0.1, -0.05) is 6.92 Å². The maximum atomic E-state index is 12.2. The molecule has 2 heterocycles. The molecule has 0 aliphatic heterocycles. The number of hydrogen-bond donors (Lipinski definition) is 2. The molecule has 6 nitrogen and oxygen atoms in total. The molecule has 2 rings (SSSR count). The Balaban J connectivity index is 2.25. The largest absolute Gasteiger partial charge is 0.395 e. The van der Waals surface area contributed by atoms with Crippen LogP contribution in [0, 0.1) is 13.8 Å². The lowest BCUT2D eigenvalue weighted by Crippen LogP contribution is -2.17. The van der Waals surface area contributed by atoms with Gasteiger partial charge < -0.3 is 5.73 Å². The van der Waals surface area contributed by atoms with Crippen LogP contribution in [0.25, 0.3) is 0 Å². The molecular formula is C12H17N5OS. The van der Waals surface area contributed by atoms with Gasteiger partial charge in [-0.2, -0.15) is 5.10 Å². The van der Waals surface area contributed by atoms with Gasteiger partial charge in [-0.3, -0.25) is 14.8 Å². The molecule has 0 radical (unpaired) electrons. The van der Waals surface area contributed by atoms with E-state index in [-0.39, 0.29) is 5.91 Å². The minimum Gasteiger partial charge on any atom is -0.395 e. The summed E-state index contributed by atoms with van der Waals surface area (Å²) in [5.41, 5.74) is 8.29. The lowest BCUT2D eigenvalue weighted by molar-refractivity contribution is 0.101. The van der Waals surface area contributed by atoms with Crippen LogP contribution in [0.15, 0.2) is 0 Å². The number of carbonyl (C=O) groups excluding carboxylic acids is 1. The summed E-state index contributed by atoms with van der Waals surface area (Å²) in [7, 11) is 1.70. The summed E-state index contributed by atoms with van der Waals surface area (Å²) in [6.45, 7) is 5.81. The van der Waals surface area contributed by atoms with E-state index < -0.39 is 0 Å². The smallest absolute Gasteiger partial charge is 0.277 e. The van der Waals surface area contributed by atoms with Crippen molar-refractivity contribution in [2.24, 2.45) is 7.05 Å². The van der Waals surface area contributed by atoms with Gasteiger partial charge in [0.05, 0.1) is 17.1 Å². The van der Waals surface area contributed by atoms with Gasteiger partial charge in [-0.05, 0) is 20.3 Å². The highest BCUT2D eigenvalue weighted by atomic mass is 32.1. The molecule has 0 saturated heterocycles. The first kappa shape index (κ1) is 13.5. The van der Waals surface area contributed by atoms with Crippen molar-refractivity contribution in [2.75, 3.05) is 11.1 Å². The van der Waals surface area contributed by atoms with Crippen LogP contribution in [0.3, 0.4) is 0 Å². The number of nitrogens with zero attached hydrogens (tertiary/aromatic N) is 3. The summed E-state index contributed by atoms with van der Waals surface area (Å²) in [5.74, 6) is -0.281. The van der Waals surface area contributed by atoms with Crippen molar-refractivity contribution >= 4 is 28.1 Å². The molecule has 3 N–H and O–H groups in total. The number of hydrogen-bond acceptors (Lipinski definition) is 5. The van der Waals surface area contributed by atoms with Gasteiger partial charge in [0.15, 0.2) is 5.13 Å². The van der Waals surface area contributed by atoms with Gasteiger partial charge in [0, 0.05) is 11.9 Å². The molecule has 1 amide bonds. The van der Waals surface area contributed by atoms with E-state index in [9.17, 15) is 4.79 Å². The Bertz CT molecular complexity index is 628. The van der Waals surface area contributed by atoms with Crippen molar-refractivity contribution < 1.29 is 4.79 Å². The number of nitrogen functional groups attached to an aromatic ring is 1. The molecule has 0 fully saturated rings. The number of carbonyl (C=O) groups is 1. The van der Waals surface area contributed by atoms with Crippen molar-refractivity contribution in [3.05, 3.63) is 22.0 Å². The molecule has 0 spiro atoms. The molecule has 0 aliphatic rings. The Kier molecular flexibility index (Phi) is 3.57. The average Bonchev–Trinajstić information content (AvgIpc) is 2.80. The van der Waals surface area contributed by atoms with Gasteiger partial charge in [0.2, 0.25) is 0 Å². The third-order valence-corrected chi connectivity index (χ3v) is 3.86. The number of rotatable bonds is 3. The maximum Gasteiger partial charge on any atom is 0.277 e. The number of nitrogens with two attached hydrogens (primary N) is 1. The van der Waals surface area contributed by atoms with Crippen LogP contribution >= 0.6 is 11.3 Å². The molecule has 19 heavy (non-hydrogen) atoms. The third kappa shape index (κ3) is 2.46. The van der Waals surface area contributed by atoms with E-state index in [0.29, 0.717) is 22.2 Å². The molecule has 0 saturated carbocycles. The highest BCUT2D eigenvalue weighted by molar-refractivity contribution is 7.15. The van der Waals surface area contributed by atoms with Crippen molar-refractivity contribution in [1.29, 1.82) is 0 Å². The highest BCUT2D eigenvalue weighted by Gasteiger charge is 2.19. The molecule has 0 aromatic carbocycles. The number of nitrogens with one attached hydrogen (secondary N) is 1. The van der Waals surface area contributed by atoms with Crippen molar-refractivity contribution in [2.45, 2.75) is 27.2 Å². The van der Waals surface area contributed by atoms with Crippen LogP contribution in [0.5, 0.6) is 0 Å². The molecule has 0 unspecified atom stereocenters. The van der Waals surface area contributed by atoms with E-state index in [1.54, 1.807) is 14.0 Å². The SMILES string of the molecule is CCc1nc(NC(=O)c2c(N)c(C)nn2C)sc1C. The van der Waals surface area contributed by atoms with E-state index in [1.165, 1.54) is 16.0 Å². The molecule has 2 aromatic heterocycles. The average molecular weight is 279 g/mol. The second kappa shape index (κ2) is 5.00. The topological polar surface area (TPSA) is 85.8 Å². The van der Waals surface area contributed by atoms with E-state index in [4.69, 9.17) is 5.73 Å². The normalized spacial score (nSPS) is 10.7. The van der Waals surface area contributed by atoms with Crippen molar-refractivity contribution in [1.82, 2.24) is 14.8 Å². The van der Waals surface area contributed by atoms with Crippen LogP contribution in [0.4, 0.5) is 10.8 Å². The van der Waals surface area contributed by atoms with E-state index in [1.807, 2.05) is 13.8 Å². The first-order chi connectivity index (χ1) is 8.93. The zero-order valence-corrected chi connectivity index (χ0v) is 12.3. The zero-order chi connectivity index (χ0) is 14.2. The maximum absolute atomic E-state index is 12.2. The monoisotopic (exact) mass is 279 g/mol. The first-order valence-electron chi connectivity index (χ1n) is 6.00. The summed E-state index contributed by atoms with van der Waals surface area (Å²) in [6.07, 6.45) is 0.852. The predicted octanol–water partition coefficient (Wildman–Crippen LogP) is 1.89. The lowest BCUT2D eigenvalue weighted by atomic mass is 10.3. The summed E-state index contributed by atoms with van der Waals surface area (Å²) >= 11 is 1.47. The Morgan fingerprint density at radius 3 is 2.63 bits per heavy atom. The molecule has 2 aromatic rings. The molecule has 7 heteroatoms. The second-order valence-corrected chi connectivity index (χ2v) is 5.50. The van der Waals surface area contributed by atoms with E-state index in [0.717, 1.165) is 17.0 Å². The minimum atomic E-state index is -0.281. The van der Waals surface area contributed by atoms with Crippen molar-refractivity contribution in [3.63, 3.8) is 0 Å². The van der Waals surface area contributed by atoms with Crippen LogP contribution < -0.4 is 11.1 Å². The fourth-order valence-electron chi connectivity index (χ4n) is 1.91. The highest BCUT2D eigenvalue weighted by Crippen LogP contribution is 2.24. The predicted molar refractivity (Wildman–Crippen MR) is 76.5 cm³/mol. The Labute approximate surface area is 115 Å². The number of thiazole rings is 1. The van der Waals surface area contributed by atoms with Crippen LogP contribution in [-0.2, 0) is 13.5 Å². The van der Waals surface area contributed by atoms with Gasteiger partial charge in [0.1, 0.15) is 5.69 Å². The number of anilines is 2. The van der Waals surface area contributed by atoms with Gasteiger partial charge >= 0.3 is 0 Å². The molecule has 0 aliphatic carbocycles. The third-order valence-electron chi connectivity index (χ3n) is 2.93. The van der Waals surface area contributed by atoms with E-state index in [2.05, 4.69) is 15.4 Å². The standard InChI is InChI=1S/C12H17N5OS/c1-5-8-7(3)19-12(14-8)15-11(18)10-9(13)6(2)16-17(10)4/h5,13H2,1-4H3,(H,14,15,18).